The van der Waals surface area contributed by atoms with E-state index in [0.29, 0.717) is 6.04 Å². The van der Waals surface area contributed by atoms with Crippen molar-refractivity contribution in [2.75, 3.05) is 7.11 Å². The highest BCUT2D eigenvalue weighted by Gasteiger charge is 2.14. The standard InChI is InChI=1S/C12H14BrN3O/c1-8(2)16-7-14-15-12(16)10-5-4-9(13)6-11(10)17-3/h4-8H,1-3H3. The number of nitrogens with zero attached hydrogens (tertiary/aromatic N) is 3. The smallest absolute Gasteiger partial charge is 0.167 e. The topological polar surface area (TPSA) is 39.9 Å². The number of ether oxygens (including phenoxy) is 1. The molecule has 0 fully saturated rings. The fourth-order valence-electron chi connectivity index (χ4n) is 1.66. The van der Waals surface area contributed by atoms with Gasteiger partial charge in [-0.05, 0) is 32.0 Å². The molecule has 2 aromatic rings. The second-order valence-corrected chi connectivity index (χ2v) is 4.92. The van der Waals surface area contributed by atoms with Crippen LogP contribution in [0, 0.1) is 0 Å². The highest BCUT2D eigenvalue weighted by atomic mass is 79.9. The molecule has 0 unspecified atom stereocenters. The molecule has 1 aromatic heterocycles. The maximum Gasteiger partial charge on any atom is 0.167 e. The SMILES string of the molecule is COc1cc(Br)ccc1-c1nncn1C(C)C. The Kier molecular flexibility index (Phi) is 3.47. The first-order chi connectivity index (χ1) is 8.13. The van der Waals surface area contributed by atoms with Crippen LogP contribution in [0.3, 0.4) is 0 Å². The van der Waals surface area contributed by atoms with Crippen molar-refractivity contribution in [2.24, 2.45) is 0 Å². The Morgan fingerprint density at radius 3 is 2.76 bits per heavy atom. The quantitative estimate of drug-likeness (QED) is 0.872. The Morgan fingerprint density at radius 1 is 1.35 bits per heavy atom. The van der Waals surface area contributed by atoms with Crippen molar-refractivity contribution in [3.05, 3.63) is 29.0 Å². The van der Waals surface area contributed by atoms with E-state index in [9.17, 15) is 0 Å². The van der Waals surface area contributed by atoms with Gasteiger partial charge in [0.1, 0.15) is 12.1 Å². The first kappa shape index (κ1) is 12.1. The number of benzene rings is 1. The summed E-state index contributed by atoms with van der Waals surface area (Å²) < 4.78 is 8.37. The van der Waals surface area contributed by atoms with E-state index in [2.05, 4.69) is 40.0 Å². The zero-order valence-electron chi connectivity index (χ0n) is 10.0. The van der Waals surface area contributed by atoms with Crippen LogP contribution >= 0.6 is 15.9 Å². The van der Waals surface area contributed by atoms with Gasteiger partial charge in [-0.2, -0.15) is 0 Å². The lowest BCUT2D eigenvalue weighted by molar-refractivity contribution is 0.415. The number of aromatic nitrogens is 3. The fourth-order valence-corrected chi connectivity index (χ4v) is 2.00. The number of methoxy groups -OCH3 is 1. The molecule has 1 aromatic carbocycles. The van der Waals surface area contributed by atoms with Gasteiger partial charge in [-0.15, -0.1) is 10.2 Å². The molecule has 0 aliphatic carbocycles. The molecule has 0 aliphatic heterocycles. The van der Waals surface area contributed by atoms with Gasteiger partial charge in [0.05, 0.1) is 12.7 Å². The maximum absolute atomic E-state index is 5.37. The molecule has 0 spiro atoms. The third-order valence-corrected chi connectivity index (χ3v) is 3.03. The van der Waals surface area contributed by atoms with Crippen LogP contribution in [-0.2, 0) is 0 Å². The molecule has 0 bridgehead atoms. The summed E-state index contributed by atoms with van der Waals surface area (Å²) in [5.41, 5.74) is 0.946. The van der Waals surface area contributed by atoms with Crippen LogP contribution in [0.4, 0.5) is 0 Å². The lowest BCUT2D eigenvalue weighted by atomic mass is 10.2. The van der Waals surface area contributed by atoms with E-state index in [0.717, 1.165) is 21.6 Å². The summed E-state index contributed by atoms with van der Waals surface area (Å²) in [6.07, 6.45) is 1.74. The summed E-state index contributed by atoms with van der Waals surface area (Å²) >= 11 is 3.43. The van der Waals surface area contributed by atoms with Crippen LogP contribution in [-0.4, -0.2) is 21.9 Å². The highest BCUT2D eigenvalue weighted by molar-refractivity contribution is 9.10. The minimum absolute atomic E-state index is 0.313. The third-order valence-electron chi connectivity index (χ3n) is 2.53. The fraction of sp³-hybridized carbons (Fsp3) is 0.333. The monoisotopic (exact) mass is 295 g/mol. The Hall–Kier alpha value is -1.36. The Bertz CT molecular complexity index is 522. The van der Waals surface area contributed by atoms with Crippen molar-refractivity contribution in [1.82, 2.24) is 14.8 Å². The number of halogens is 1. The highest BCUT2D eigenvalue weighted by Crippen LogP contribution is 2.32. The van der Waals surface area contributed by atoms with E-state index in [4.69, 9.17) is 4.74 Å². The van der Waals surface area contributed by atoms with Crippen molar-refractivity contribution in [1.29, 1.82) is 0 Å². The lowest BCUT2D eigenvalue weighted by Crippen LogP contribution is -2.02. The molecule has 0 N–H and O–H groups in total. The summed E-state index contributed by atoms with van der Waals surface area (Å²) in [5.74, 6) is 1.61. The number of rotatable bonds is 3. The van der Waals surface area contributed by atoms with Gasteiger partial charge >= 0.3 is 0 Å². The van der Waals surface area contributed by atoms with Crippen molar-refractivity contribution in [3.8, 4) is 17.1 Å². The number of hydrogen-bond acceptors (Lipinski definition) is 3. The normalized spacial score (nSPS) is 10.9. The van der Waals surface area contributed by atoms with Crippen LogP contribution in [0.15, 0.2) is 29.0 Å². The molecule has 1 heterocycles. The molecule has 0 amide bonds. The molecular formula is C12H14BrN3O. The predicted molar refractivity (Wildman–Crippen MR) is 70.1 cm³/mol. The van der Waals surface area contributed by atoms with Crippen molar-refractivity contribution in [2.45, 2.75) is 19.9 Å². The Labute approximate surface area is 109 Å². The second kappa shape index (κ2) is 4.87. The molecule has 0 saturated carbocycles. The van der Waals surface area contributed by atoms with Crippen LogP contribution in [0.5, 0.6) is 5.75 Å². The molecule has 0 aliphatic rings. The molecular weight excluding hydrogens is 282 g/mol. The average Bonchev–Trinajstić information content (AvgIpc) is 2.77. The molecule has 17 heavy (non-hydrogen) atoms. The lowest BCUT2D eigenvalue weighted by Gasteiger charge is -2.12. The van der Waals surface area contributed by atoms with Gasteiger partial charge in [0.25, 0.3) is 0 Å². The van der Waals surface area contributed by atoms with E-state index in [-0.39, 0.29) is 0 Å². The van der Waals surface area contributed by atoms with Crippen LogP contribution < -0.4 is 4.74 Å². The third kappa shape index (κ3) is 2.34. The minimum Gasteiger partial charge on any atom is -0.496 e. The maximum atomic E-state index is 5.37. The molecule has 5 heteroatoms. The first-order valence-electron chi connectivity index (χ1n) is 5.37. The summed E-state index contributed by atoms with van der Waals surface area (Å²) in [7, 11) is 1.65. The molecule has 0 radical (unpaired) electrons. The van der Waals surface area contributed by atoms with Crippen LogP contribution in [0.2, 0.25) is 0 Å². The summed E-state index contributed by atoms with van der Waals surface area (Å²) in [4.78, 5) is 0. The zero-order valence-corrected chi connectivity index (χ0v) is 11.6. The number of hydrogen-bond donors (Lipinski definition) is 0. The van der Waals surface area contributed by atoms with E-state index < -0.39 is 0 Å². The summed E-state index contributed by atoms with van der Waals surface area (Å²) in [6.45, 7) is 4.19. The van der Waals surface area contributed by atoms with E-state index in [1.165, 1.54) is 0 Å². The largest absolute Gasteiger partial charge is 0.496 e. The molecule has 0 saturated heterocycles. The van der Waals surface area contributed by atoms with Gasteiger partial charge in [-0.25, -0.2) is 0 Å². The van der Waals surface area contributed by atoms with Gasteiger partial charge in [0, 0.05) is 10.5 Å². The van der Waals surface area contributed by atoms with Crippen molar-refractivity contribution in [3.63, 3.8) is 0 Å². The van der Waals surface area contributed by atoms with Gasteiger partial charge in [0.2, 0.25) is 0 Å². The molecule has 2 rings (SSSR count). The Morgan fingerprint density at radius 2 is 2.12 bits per heavy atom. The minimum atomic E-state index is 0.313. The molecule has 0 atom stereocenters. The molecule has 4 nitrogen and oxygen atoms in total. The van der Waals surface area contributed by atoms with E-state index in [1.807, 2.05) is 22.8 Å². The van der Waals surface area contributed by atoms with Gasteiger partial charge in [-0.1, -0.05) is 15.9 Å². The summed E-state index contributed by atoms with van der Waals surface area (Å²) in [6, 6.07) is 6.19. The van der Waals surface area contributed by atoms with Gasteiger partial charge in [0.15, 0.2) is 5.82 Å². The zero-order chi connectivity index (χ0) is 12.4. The summed E-state index contributed by atoms with van der Waals surface area (Å²) in [5, 5.41) is 8.13. The van der Waals surface area contributed by atoms with Crippen molar-refractivity contribution < 1.29 is 4.74 Å². The van der Waals surface area contributed by atoms with Crippen LogP contribution in [0.25, 0.3) is 11.4 Å². The van der Waals surface area contributed by atoms with E-state index >= 15 is 0 Å². The predicted octanol–water partition coefficient (Wildman–Crippen LogP) is 3.30. The molecule has 90 valence electrons. The van der Waals surface area contributed by atoms with E-state index in [1.54, 1.807) is 13.4 Å². The first-order valence-corrected chi connectivity index (χ1v) is 6.16. The second-order valence-electron chi connectivity index (χ2n) is 4.00. The van der Waals surface area contributed by atoms with Crippen molar-refractivity contribution >= 4 is 15.9 Å². The van der Waals surface area contributed by atoms with Gasteiger partial charge in [-0.3, -0.25) is 0 Å². The Balaban J connectivity index is 2.56. The van der Waals surface area contributed by atoms with Crippen LogP contribution in [0.1, 0.15) is 19.9 Å². The van der Waals surface area contributed by atoms with Gasteiger partial charge < -0.3 is 9.30 Å². The average molecular weight is 296 g/mol.